The van der Waals surface area contributed by atoms with E-state index in [9.17, 15) is 13.6 Å². The Morgan fingerprint density at radius 3 is 2.39 bits per heavy atom. The number of hydrogen-bond acceptors (Lipinski definition) is 4. The molecule has 8 heteroatoms. The molecule has 1 aromatic heterocycles. The normalized spacial score (nSPS) is 10.6. The van der Waals surface area contributed by atoms with Gasteiger partial charge in [-0.25, -0.2) is 18.6 Å². The van der Waals surface area contributed by atoms with Crippen molar-refractivity contribution in [1.29, 1.82) is 0 Å². The first-order valence-electron chi connectivity index (χ1n) is 4.54. The third-order valence-electron chi connectivity index (χ3n) is 2.08. The molecule has 4 nitrogen and oxygen atoms in total. The van der Waals surface area contributed by atoms with Gasteiger partial charge < -0.3 is 10.8 Å². The Morgan fingerprint density at radius 1 is 1.39 bits per heavy atom. The average Bonchev–Trinajstić information content (AvgIpc) is 2.58. The number of aromatic nitrogens is 1. The van der Waals surface area contributed by atoms with Crippen LogP contribution in [0.2, 0.25) is 0 Å². The molecule has 0 aliphatic carbocycles. The highest BCUT2D eigenvalue weighted by Gasteiger charge is 2.21. The fourth-order valence-corrected chi connectivity index (χ4v) is 2.61. The summed E-state index contributed by atoms with van der Waals surface area (Å²) in [6.45, 7) is 0. The van der Waals surface area contributed by atoms with Crippen molar-refractivity contribution in [3.8, 4) is 10.6 Å². The molecule has 0 atom stereocenters. The zero-order chi connectivity index (χ0) is 13.4. The summed E-state index contributed by atoms with van der Waals surface area (Å²) in [5.74, 6) is -3.02. The number of halogens is 3. The summed E-state index contributed by atoms with van der Waals surface area (Å²) < 4.78 is 27.5. The topological polar surface area (TPSA) is 76.2 Å². The number of hydrogen-bond donors (Lipinski definition) is 2. The van der Waals surface area contributed by atoms with Crippen LogP contribution in [-0.4, -0.2) is 16.1 Å². The van der Waals surface area contributed by atoms with Gasteiger partial charge in [0.05, 0.1) is 5.56 Å². The van der Waals surface area contributed by atoms with E-state index in [2.05, 4.69) is 20.9 Å². The van der Waals surface area contributed by atoms with Crippen LogP contribution >= 0.6 is 27.3 Å². The van der Waals surface area contributed by atoms with Crippen molar-refractivity contribution in [3.05, 3.63) is 33.9 Å². The maximum Gasteiger partial charge on any atom is 0.357 e. The fraction of sp³-hybridized carbons (Fsp3) is 0. The molecule has 1 heterocycles. The van der Waals surface area contributed by atoms with Crippen LogP contribution in [0.25, 0.3) is 10.6 Å². The third kappa shape index (κ3) is 2.21. The Kier molecular flexibility index (Phi) is 3.31. The average molecular weight is 335 g/mol. The van der Waals surface area contributed by atoms with Crippen molar-refractivity contribution in [2.45, 2.75) is 0 Å². The molecule has 18 heavy (non-hydrogen) atoms. The van der Waals surface area contributed by atoms with Gasteiger partial charge in [0.25, 0.3) is 0 Å². The number of carboxylic acids is 1. The molecule has 0 saturated heterocycles. The predicted octanol–water partition coefficient (Wildman–Crippen LogP) is 3.13. The summed E-state index contributed by atoms with van der Waals surface area (Å²) in [6, 6.07) is 2.13. The van der Waals surface area contributed by atoms with Gasteiger partial charge in [-0.2, -0.15) is 0 Å². The van der Waals surface area contributed by atoms with Gasteiger partial charge in [-0.3, -0.25) is 0 Å². The molecule has 2 aromatic rings. The lowest BCUT2D eigenvalue weighted by Crippen LogP contribution is -2.00. The second kappa shape index (κ2) is 4.62. The number of nitrogen functional groups attached to an aromatic ring is 1. The van der Waals surface area contributed by atoms with Crippen LogP contribution in [0.3, 0.4) is 0 Å². The highest BCUT2D eigenvalue weighted by Crippen LogP contribution is 2.34. The monoisotopic (exact) mass is 334 g/mol. The predicted molar refractivity (Wildman–Crippen MR) is 66.5 cm³/mol. The minimum atomic E-state index is -1.34. The number of thiazole rings is 1. The van der Waals surface area contributed by atoms with E-state index in [1.807, 2.05) is 0 Å². The van der Waals surface area contributed by atoms with Gasteiger partial charge in [-0.1, -0.05) is 27.3 Å². The molecule has 0 saturated carbocycles. The number of carbonyl (C=O) groups is 1. The zero-order valence-electron chi connectivity index (χ0n) is 8.58. The molecule has 0 spiro atoms. The van der Waals surface area contributed by atoms with Crippen LogP contribution in [0.15, 0.2) is 16.6 Å². The summed E-state index contributed by atoms with van der Waals surface area (Å²) in [6.07, 6.45) is 0. The van der Waals surface area contributed by atoms with Gasteiger partial charge in [0.2, 0.25) is 0 Å². The zero-order valence-corrected chi connectivity index (χ0v) is 11.0. The van der Waals surface area contributed by atoms with E-state index in [1.165, 1.54) is 0 Å². The first-order chi connectivity index (χ1) is 8.40. The smallest absolute Gasteiger partial charge is 0.357 e. The fourth-order valence-electron chi connectivity index (χ4n) is 1.34. The standard InChI is InChI=1S/C10H5BrF2N2O2S/c11-3-1-4(12)6(5(13)2-3)9-15-7(10(16)17)8(14)18-9/h1-2H,14H2,(H,16,17). The summed E-state index contributed by atoms with van der Waals surface area (Å²) in [4.78, 5) is 14.4. The summed E-state index contributed by atoms with van der Waals surface area (Å²) in [5, 5.41) is 8.58. The van der Waals surface area contributed by atoms with Crippen LogP contribution in [0.1, 0.15) is 10.5 Å². The second-order valence-corrected chi connectivity index (χ2v) is 5.23. The SMILES string of the molecule is Nc1sc(-c2c(F)cc(Br)cc2F)nc1C(=O)O. The van der Waals surface area contributed by atoms with Gasteiger partial charge in [-0.15, -0.1) is 0 Å². The molecule has 0 fully saturated rings. The number of nitrogens with two attached hydrogens (primary N) is 1. The van der Waals surface area contributed by atoms with Crippen molar-refractivity contribution in [3.63, 3.8) is 0 Å². The highest BCUT2D eigenvalue weighted by atomic mass is 79.9. The maximum absolute atomic E-state index is 13.6. The number of nitrogens with zero attached hydrogens (tertiary/aromatic N) is 1. The Balaban J connectivity index is 2.63. The quantitative estimate of drug-likeness (QED) is 0.884. The van der Waals surface area contributed by atoms with Gasteiger partial charge in [-0.05, 0) is 12.1 Å². The summed E-state index contributed by atoms with van der Waals surface area (Å²) in [5.41, 5.74) is 4.64. The Bertz CT molecular complexity index is 622. The molecular weight excluding hydrogens is 330 g/mol. The van der Waals surface area contributed by atoms with Crippen LogP contribution in [0.5, 0.6) is 0 Å². The Labute approximate surface area is 112 Å². The van der Waals surface area contributed by atoms with E-state index < -0.39 is 23.3 Å². The van der Waals surface area contributed by atoms with E-state index in [0.29, 0.717) is 0 Å². The molecule has 0 aliphatic heterocycles. The largest absolute Gasteiger partial charge is 0.476 e. The molecule has 2 rings (SSSR count). The summed E-state index contributed by atoms with van der Waals surface area (Å²) >= 11 is 3.67. The number of rotatable bonds is 2. The number of carboxylic acid groups (broad SMARTS) is 1. The molecule has 0 amide bonds. The first-order valence-corrected chi connectivity index (χ1v) is 6.15. The lowest BCUT2D eigenvalue weighted by molar-refractivity contribution is 0.0692. The van der Waals surface area contributed by atoms with Gasteiger partial charge >= 0.3 is 5.97 Å². The lowest BCUT2D eigenvalue weighted by Gasteiger charge is -2.01. The van der Waals surface area contributed by atoms with E-state index in [-0.39, 0.29) is 20.0 Å². The van der Waals surface area contributed by atoms with Gasteiger partial charge in [0.15, 0.2) is 5.69 Å². The van der Waals surface area contributed by atoms with Gasteiger partial charge in [0, 0.05) is 4.47 Å². The minimum Gasteiger partial charge on any atom is -0.476 e. The molecule has 3 N–H and O–H groups in total. The molecule has 94 valence electrons. The first kappa shape index (κ1) is 12.9. The molecule has 0 radical (unpaired) electrons. The maximum atomic E-state index is 13.6. The van der Waals surface area contributed by atoms with Crippen LogP contribution in [0.4, 0.5) is 13.8 Å². The molecule has 0 aliphatic rings. The number of anilines is 1. The highest BCUT2D eigenvalue weighted by molar-refractivity contribution is 9.10. The van der Waals surface area contributed by atoms with Crippen LogP contribution in [0, 0.1) is 11.6 Å². The number of aromatic carboxylic acids is 1. The summed E-state index contributed by atoms with van der Waals surface area (Å²) in [7, 11) is 0. The minimum absolute atomic E-state index is 0.0979. The van der Waals surface area contributed by atoms with E-state index >= 15 is 0 Å². The van der Waals surface area contributed by atoms with E-state index in [4.69, 9.17) is 10.8 Å². The van der Waals surface area contributed by atoms with Crippen molar-refractivity contribution >= 4 is 38.2 Å². The van der Waals surface area contributed by atoms with Crippen molar-refractivity contribution < 1.29 is 18.7 Å². The van der Waals surface area contributed by atoms with Gasteiger partial charge in [0.1, 0.15) is 21.6 Å². The number of benzene rings is 1. The lowest BCUT2D eigenvalue weighted by atomic mass is 10.2. The van der Waals surface area contributed by atoms with Crippen molar-refractivity contribution in [2.24, 2.45) is 0 Å². The van der Waals surface area contributed by atoms with Crippen molar-refractivity contribution in [1.82, 2.24) is 4.98 Å². The molecule has 0 bridgehead atoms. The molecular formula is C10H5BrF2N2O2S. The third-order valence-corrected chi connectivity index (χ3v) is 3.44. The van der Waals surface area contributed by atoms with E-state index in [0.717, 1.165) is 23.5 Å². The molecule has 1 aromatic carbocycles. The van der Waals surface area contributed by atoms with Crippen molar-refractivity contribution in [2.75, 3.05) is 5.73 Å². The molecule has 0 unspecified atom stereocenters. The Morgan fingerprint density at radius 2 is 1.94 bits per heavy atom. The van der Waals surface area contributed by atoms with E-state index in [1.54, 1.807) is 0 Å². The van der Waals surface area contributed by atoms with Crippen LogP contribution < -0.4 is 5.73 Å². The van der Waals surface area contributed by atoms with Crippen LogP contribution in [-0.2, 0) is 0 Å². The Hall–Kier alpha value is -1.54. The second-order valence-electron chi connectivity index (χ2n) is 3.28.